The average Bonchev–Trinajstić information content (AvgIpc) is 2.55. The Bertz CT molecular complexity index is 717. The van der Waals surface area contributed by atoms with Crippen LogP contribution in [0.3, 0.4) is 0 Å². The number of hydrogen-bond acceptors (Lipinski definition) is 5. The highest BCUT2D eigenvalue weighted by Gasteiger charge is 2.22. The second-order valence-corrected chi connectivity index (χ2v) is 5.24. The summed E-state index contributed by atoms with van der Waals surface area (Å²) in [6.07, 6.45) is 1.56. The minimum atomic E-state index is -0.342. The van der Waals surface area contributed by atoms with Crippen LogP contribution in [0.25, 0.3) is 0 Å². The number of para-hydroxylation sites is 1. The van der Waals surface area contributed by atoms with Crippen molar-refractivity contribution >= 4 is 11.5 Å². The fraction of sp³-hybridized carbons (Fsp3) is 0.312. The lowest BCUT2D eigenvalue weighted by atomic mass is 10.1. The maximum atomic E-state index is 14.1. The minimum absolute atomic E-state index is 0.342. The van der Waals surface area contributed by atoms with E-state index in [1.54, 1.807) is 18.5 Å². The second kappa shape index (κ2) is 5.98. The maximum absolute atomic E-state index is 14.1. The van der Waals surface area contributed by atoms with Gasteiger partial charge in [0.15, 0.2) is 0 Å². The minimum Gasteiger partial charge on any atom is -0.365 e. The SMILES string of the molecule is Cc1cc(N2CCN(c3c(F)cccc3C#N)CC2)ncn1. The molecule has 0 unspecified atom stereocenters. The molecule has 1 aliphatic rings. The van der Waals surface area contributed by atoms with E-state index in [2.05, 4.69) is 20.9 Å². The summed E-state index contributed by atoms with van der Waals surface area (Å²) < 4.78 is 14.1. The second-order valence-electron chi connectivity index (χ2n) is 5.24. The van der Waals surface area contributed by atoms with Gasteiger partial charge in [-0.1, -0.05) is 6.07 Å². The molecule has 2 heterocycles. The van der Waals surface area contributed by atoms with Gasteiger partial charge in [0.2, 0.25) is 0 Å². The molecular formula is C16H16FN5. The van der Waals surface area contributed by atoms with Crippen molar-refractivity contribution in [2.75, 3.05) is 36.0 Å². The topological polar surface area (TPSA) is 56.0 Å². The maximum Gasteiger partial charge on any atom is 0.147 e. The fourth-order valence-corrected chi connectivity index (χ4v) is 2.70. The number of halogens is 1. The Hall–Kier alpha value is -2.68. The molecule has 0 N–H and O–H groups in total. The van der Waals surface area contributed by atoms with Gasteiger partial charge in [-0.15, -0.1) is 0 Å². The Kier molecular flexibility index (Phi) is 3.88. The highest BCUT2D eigenvalue weighted by Crippen LogP contribution is 2.26. The molecule has 0 amide bonds. The molecule has 0 atom stereocenters. The van der Waals surface area contributed by atoms with E-state index in [1.807, 2.05) is 17.9 Å². The number of aromatic nitrogens is 2. The van der Waals surface area contributed by atoms with Gasteiger partial charge in [0.1, 0.15) is 24.0 Å². The Morgan fingerprint density at radius 1 is 1.14 bits per heavy atom. The monoisotopic (exact) mass is 297 g/mol. The highest BCUT2D eigenvalue weighted by molar-refractivity contribution is 5.61. The van der Waals surface area contributed by atoms with Crippen molar-refractivity contribution in [2.24, 2.45) is 0 Å². The zero-order chi connectivity index (χ0) is 15.5. The van der Waals surface area contributed by atoms with Crippen molar-refractivity contribution in [3.8, 4) is 6.07 Å². The number of piperazine rings is 1. The molecule has 22 heavy (non-hydrogen) atoms. The summed E-state index contributed by atoms with van der Waals surface area (Å²) in [5.41, 5.74) is 1.71. The quantitative estimate of drug-likeness (QED) is 0.850. The molecule has 6 heteroatoms. The van der Waals surface area contributed by atoms with Crippen LogP contribution in [-0.4, -0.2) is 36.1 Å². The van der Waals surface area contributed by atoms with Gasteiger partial charge in [0, 0.05) is 37.9 Å². The van der Waals surface area contributed by atoms with E-state index < -0.39 is 0 Å². The molecule has 1 saturated heterocycles. The van der Waals surface area contributed by atoms with Gasteiger partial charge in [-0.25, -0.2) is 14.4 Å². The molecule has 5 nitrogen and oxygen atoms in total. The average molecular weight is 297 g/mol. The number of benzene rings is 1. The van der Waals surface area contributed by atoms with Crippen molar-refractivity contribution in [1.29, 1.82) is 5.26 Å². The summed E-state index contributed by atoms with van der Waals surface area (Å²) in [4.78, 5) is 12.5. The van der Waals surface area contributed by atoms with Gasteiger partial charge in [-0.05, 0) is 19.1 Å². The van der Waals surface area contributed by atoms with E-state index in [-0.39, 0.29) is 5.82 Å². The molecule has 3 rings (SSSR count). The summed E-state index contributed by atoms with van der Waals surface area (Å²) in [7, 11) is 0. The van der Waals surface area contributed by atoms with Gasteiger partial charge in [0.05, 0.1) is 11.3 Å². The Morgan fingerprint density at radius 3 is 2.55 bits per heavy atom. The molecule has 112 valence electrons. The van der Waals surface area contributed by atoms with E-state index in [0.717, 1.165) is 24.6 Å². The summed E-state index contributed by atoms with van der Waals surface area (Å²) >= 11 is 0. The lowest BCUT2D eigenvalue weighted by Gasteiger charge is -2.37. The third-order valence-corrected chi connectivity index (χ3v) is 3.82. The first-order valence-electron chi connectivity index (χ1n) is 7.16. The normalized spacial score (nSPS) is 14.8. The van der Waals surface area contributed by atoms with E-state index in [1.165, 1.54) is 6.07 Å². The Morgan fingerprint density at radius 2 is 1.86 bits per heavy atom. The summed E-state index contributed by atoms with van der Waals surface area (Å²) in [5, 5.41) is 9.16. The summed E-state index contributed by atoms with van der Waals surface area (Å²) in [5.74, 6) is 0.548. The third kappa shape index (κ3) is 2.70. The smallest absolute Gasteiger partial charge is 0.147 e. The lowest BCUT2D eigenvalue weighted by molar-refractivity contribution is 0.595. The van der Waals surface area contributed by atoms with Crippen molar-refractivity contribution in [1.82, 2.24) is 9.97 Å². The molecule has 0 spiro atoms. The first-order valence-corrected chi connectivity index (χ1v) is 7.16. The van der Waals surface area contributed by atoms with Crippen LogP contribution in [0.1, 0.15) is 11.3 Å². The number of hydrogen-bond donors (Lipinski definition) is 0. The Balaban J connectivity index is 1.77. The van der Waals surface area contributed by atoms with Crippen LogP contribution >= 0.6 is 0 Å². The van der Waals surface area contributed by atoms with Crippen molar-refractivity contribution < 1.29 is 4.39 Å². The predicted octanol–water partition coefficient (Wildman–Crippen LogP) is 2.12. The molecule has 2 aromatic rings. The van der Waals surface area contributed by atoms with Crippen LogP contribution in [0.15, 0.2) is 30.6 Å². The van der Waals surface area contributed by atoms with Crippen LogP contribution in [0.2, 0.25) is 0 Å². The number of nitrogens with zero attached hydrogens (tertiary/aromatic N) is 5. The van der Waals surface area contributed by atoms with E-state index in [0.29, 0.717) is 24.3 Å². The van der Waals surface area contributed by atoms with E-state index >= 15 is 0 Å². The molecule has 1 aromatic heterocycles. The fourth-order valence-electron chi connectivity index (χ4n) is 2.70. The number of aryl methyl sites for hydroxylation is 1. The number of nitriles is 1. The number of anilines is 2. The summed E-state index contributed by atoms with van der Waals surface area (Å²) in [6.45, 7) is 4.70. The van der Waals surface area contributed by atoms with Crippen molar-refractivity contribution in [2.45, 2.75) is 6.92 Å². The van der Waals surface area contributed by atoms with Crippen molar-refractivity contribution in [3.05, 3.63) is 47.7 Å². The third-order valence-electron chi connectivity index (χ3n) is 3.82. The van der Waals surface area contributed by atoms with Gasteiger partial charge >= 0.3 is 0 Å². The van der Waals surface area contributed by atoms with Crippen LogP contribution < -0.4 is 9.80 Å². The zero-order valence-electron chi connectivity index (χ0n) is 12.3. The van der Waals surface area contributed by atoms with Crippen LogP contribution in [0.4, 0.5) is 15.9 Å². The highest BCUT2D eigenvalue weighted by atomic mass is 19.1. The van der Waals surface area contributed by atoms with E-state index in [4.69, 9.17) is 5.26 Å². The van der Waals surface area contributed by atoms with Gasteiger partial charge in [0.25, 0.3) is 0 Å². The zero-order valence-corrected chi connectivity index (χ0v) is 12.3. The predicted molar refractivity (Wildman–Crippen MR) is 82.3 cm³/mol. The molecule has 0 bridgehead atoms. The molecule has 1 aliphatic heterocycles. The molecule has 0 saturated carbocycles. The van der Waals surface area contributed by atoms with E-state index in [9.17, 15) is 4.39 Å². The first kappa shape index (κ1) is 14.3. The number of rotatable bonds is 2. The molecule has 0 radical (unpaired) electrons. The first-order chi connectivity index (χ1) is 10.7. The standard InChI is InChI=1S/C16H16FN5/c1-12-9-15(20-11-19-12)21-5-7-22(8-6-21)16-13(10-18)3-2-4-14(16)17/h2-4,9,11H,5-8H2,1H3. The van der Waals surface area contributed by atoms with Crippen LogP contribution in [0, 0.1) is 24.1 Å². The van der Waals surface area contributed by atoms with Gasteiger partial charge in [-0.2, -0.15) is 5.26 Å². The lowest BCUT2D eigenvalue weighted by Crippen LogP contribution is -2.47. The molecule has 0 aliphatic carbocycles. The van der Waals surface area contributed by atoms with Crippen LogP contribution in [-0.2, 0) is 0 Å². The van der Waals surface area contributed by atoms with Gasteiger partial charge < -0.3 is 9.80 Å². The Labute approximate surface area is 128 Å². The molecular weight excluding hydrogens is 281 g/mol. The van der Waals surface area contributed by atoms with Crippen molar-refractivity contribution in [3.63, 3.8) is 0 Å². The molecule has 1 fully saturated rings. The summed E-state index contributed by atoms with van der Waals surface area (Å²) in [6, 6.07) is 8.63. The largest absolute Gasteiger partial charge is 0.365 e. The van der Waals surface area contributed by atoms with Crippen LogP contribution in [0.5, 0.6) is 0 Å². The van der Waals surface area contributed by atoms with Gasteiger partial charge in [-0.3, -0.25) is 0 Å². The molecule has 1 aromatic carbocycles.